The molecule has 0 aliphatic carbocycles. The van der Waals surface area contributed by atoms with Gasteiger partial charge in [0.2, 0.25) is 0 Å². The van der Waals surface area contributed by atoms with E-state index < -0.39 is 43.9 Å². The van der Waals surface area contributed by atoms with Crippen LogP contribution in [-0.2, 0) is 10.0 Å². The number of carbonyl (C=O) groups is 1. The van der Waals surface area contributed by atoms with Gasteiger partial charge < -0.3 is 5.11 Å². The number of aromatic carboxylic acids is 1. The lowest BCUT2D eigenvalue weighted by atomic mass is 10.3. The molecule has 0 spiro atoms. The maximum Gasteiger partial charge on any atom is 0.340 e. The smallest absolute Gasteiger partial charge is 0.340 e. The summed E-state index contributed by atoms with van der Waals surface area (Å²) in [6.07, 6.45) is 0.803. The number of carboxylic acid groups (broad SMARTS) is 1. The Balaban J connectivity index is 2.41. The van der Waals surface area contributed by atoms with Gasteiger partial charge in [-0.1, -0.05) is 0 Å². The fourth-order valence-corrected chi connectivity index (χ4v) is 2.56. The lowest BCUT2D eigenvalue weighted by Crippen LogP contribution is -2.17. The molecule has 1 heterocycles. The summed E-state index contributed by atoms with van der Waals surface area (Å²) in [6.45, 7) is 0. The number of hydrogen-bond acceptors (Lipinski definition) is 4. The molecular formula is C10H7F2N3O4S. The number of rotatable bonds is 4. The number of sulfonamides is 1. The molecular weight excluding hydrogens is 296 g/mol. The number of halogens is 2. The average molecular weight is 303 g/mol. The number of nitrogens with zero attached hydrogens (tertiary/aromatic N) is 1. The van der Waals surface area contributed by atoms with Crippen molar-refractivity contribution in [2.45, 2.75) is 5.03 Å². The molecule has 0 aliphatic heterocycles. The monoisotopic (exact) mass is 303 g/mol. The highest BCUT2D eigenvalue weighted by Crippen LogP contribution is 2.20. The normalized spacial score (nSPS) is 11.3. The molecule has 0 saturated carbocycles. The standard InChI is InChI=1S/C10H7F2N3O4S/c11-5-1-2-8(7(12)3-5)15-20(18,19)9-6(10(16)17)4-13-14-9/h1-4,15H,(H,13,14)(H,16,17). The first-order valence-corrected chi connectivity index (χ1v) is 6.54. The topological polar surface area (TPSA) is 112 Å². The molecule has 1 aromatic carbocycles. The lowest BCUT2D eigenvalue weighted by molar-refractivity contribution is 0.0692. The molecule has 0 aliphatic rings. The van der Waals surface area contributed by atoms with Crippen LogP contribution in [0.3, 0.4) is 0 Å². The predicted octanol–water partition coefficient (Wildman–Crippen LogP) is 1.19. The average Bonchev–Trinajstić information content (AvgIpc) is 2.82. The number of hydrogen-bond donors (Lipinski definition) is 3. The third kappa shape index (κ3) is 2.59. The van der Waals surface area contributed by atoms with Gasteiger partial charge in [0.05, 0.1) is 11.9 Å². The van der Waals surface area contributed by atoms with Crippen molar-refractivity contribution in [1.82, 2.24) is 10.2 Å². The SMILES string of the molecule is O=C(O)c1cn[nH]c1S(=O)(=O)Nc1ccc(F)cc1F. The van der Waals surface area contributed by atoms with Gasteiger partial charge >= 0.3 is 5.97 Å². The molecule has 1 aromatic heterocycles. The maximum absolute atomic E-state index is 13.4. The second-order valence-electron chi connectivity index (χ2n) is 3.65. The van der Waals surface area contributed by atoms with Gasteiger partial charge in [-0.15, -0.1) is 0 Å². The number of nitrogens with one attached hydrogen (secondary N) is 2. The van der Waals surface area contributed by atoms with Crippen LogP contribution in [0.25, 0.3) is 0 Å². The van der Waals surface area contributed by atoms with Crippen LogP contribution in [0.2, 0.25) is 0 Å². The molecule has 0 unspecified atom stereocenters. The Hall–Kier alpha value is -2.49. The first-order chi connectivity index (χ1) is 9.31. The van der Waals surface area contributed by atoms with Crippen molar-refractivity contribution in [3.8, 4) is 0 Å². The number of aromatic amines is 1. The lowest BCUT2D eigenvalue weighted by Gasteiger charge is -2.08. The van der Waals surface area contributed by atoms with E-state index in [1.54, 1.807) is 0 Å². The summed E-state index contributed by atoms with van der Waals surface area (Å²) >= 11 is 0. The predicted molar refractivity (Wildman–Crippen MR) is 62.7 cm³/mol. The number of benzene rings is 1. The van der Waals surface area contributed by atoms with Crippen molar-refractivity contribution < 1.29 is 27.1 Å². The van der Waals surface area contributed by atoms with Crippen LogP contribution in [0, 0.1) is 11.6 Å². The van der Waals surface area contributed by atoms with E-state index in [0.29, 0.717) is 6.07 Å². The third-order valence-electron chi connectivity index (χ3n) is 2.28. The molecule has 3 N–H and O–H groups in total. The van der Waals surface area contributed by atoms with Crippen LogP contribution >= 0.6 is 0 Å². The van der Waals surface area contributed by atoms with Gasteiger partial charge in [0.15, 0.2) is 5.03 Å². The van der Waals surface area contributed by atoms with E-state index in [0.717, 1.165) is 18.3 Å². The summed E-state index contributed by atoms with van der Waals surface area (Å²) in [5, 5.41) is 13.4. The van der Waals surface area contributed by atoms with Crippen molar-refractivity contribution in [2.24, 2.45) is 0 Å². The quantitative estimate of drug-likeness (QED) is 0.785. The molecule has 0 bridgehead atoms. The van der Waals surface area contributed by atoms with E-state index in [9.17, 15) is 22.0 Å². The van der Waals surface area contributed by atoms with Gasteiger partial charge in [0.1, 0.15) is 17.2 Å². The second-order valence-corrected chi connectivity index (χ2v) is 5.27. The van der Waals surface area contributed by atoms with Gasteiger partial charge in [-0.2, -0.15) is 13.5 Å². The molecule has 0 radical (unpaired) electrons. The van der Waals surface area contributed by atoms with Crippen molar-refractivity contribution in [3.63, 3.8) is 0 Å². The number of carboxylic acids is 1. The summed E-state index contributed by atoms with van der Waals surface area (Å²) in [4.78, 5) is 10.8. The van der Waals surface area contributed by atoms with E-state index in [1.165, 1.54) is 0 Å². The maximum atomic E-state index is 13.4. The minimum atomic E-state index is -4.39. The van der Waals surface area contributed by atoms with E-state index in [1.807, 2.05) is 9.82 Å². The minimum Gasteiger partial charge on any atom is -0.478 e. The van der Waals surface area contributed by atoms with Crippen LogP contribution in [0.1, 0.15) is 10.4 Å². The highest BCUT2D eigenvalue weighted by Gasteiger charge is 2.25. The van der Waals surface area contributed by atoms with Gasteiger partial charge in [0, 0.05) is 6.07 Å². The number of H-pyrrole nitrogens is 1. The molecule has 7 nitrogen and oxygen atoms in total. The van der Waals surface area contributed by atoms with E-state index in [-0.39, 0.29) is 0 Å². The molecule has 106 valence electrons. The number of anilines is 1. The van der Waals surface area contributed by atoms with Gasteiger partial charge in [-0.3, -0.25) is 9.82 Å². The third-order valence-corrected chi connectivity index (χ3v) is 3.62. The van der Waals surface area contributed by atoms with Crippen molar-refractivity contribution >= 4 is 21.7 Å². The van der Waals surface area contributed by atoms with Crippen LogP contribution < -0.4 is 4.72 Å². The zero-order valence-electron chi connectivity index (χ0n) is 9.59. The fourth-order valence-electron chi connectivity index (χ4n) is 1.40. The van der Waals surface area contributed by atoms with Crippen molar-refractivity contribution in [1.29, 1.82) is 0 Å². The Labute approximate surface area is 111 Å². The van der Waals surface area contributed by atoms with Gasteiger partial charge in [-0.05, 0) is 12.1 Å². The molecule has 0 amide bonds. The molecule has 2 aromatic rings. The van der Waals surface area contributed by atoms with Crippen LogP contribution in [0.15, 0.2) is 29.4 Å². The Bertz CT molecular complexity index is 773. The fraction of sp³-hybridized carbons (Fsp3) is 0. The summed E-state index contributed by atoms with van der Waals surface area (Å²) in [5.41, 5.74) is -1.11. The molecule has 10 heteroatoms. The molecule has 2 rings (SSSR count). The first-order valence-electron chi connectivity index (χ1n) is 5.06. The molecule has 0 saturated heterocycles. The van der Waals surface area contributed by atoms with Gasteiger partial charge in [0.25, 0.3) is 10.0 Å². The van der Waals surface area contributed by atoms with Gasteiger partial charge in [-0.25, -0.2) is 13.6 Å². The van der Waals surface area contributed by atoms with Crippen LogP contribution in [0.5, 0.6) is 0 Å². The Morgan fingerprint density at radius 1 is 1.35 bits per heavy atom. The Kier molecular flexibility index (Phi) is 3.40. The zero-order chi connectivity index (χ0) is 14.9. The number of aromatic nitrogens is 2. The van der Waals surface area contributed by atoms with E-state index >= 15 is 0 Å². The second kappa shape index (κ2) is 4.89. The summed E-state index contributed by atoms with van der Waals surface area (Å²) < 4.78 is 51.7. The minimum absolute atomic E-state index is 0.489. The largest absolute Gasteiger partial charge is 0.478 e. The van der Waals surface area contributed by atoms with E-state index in [2.05, 4.69) is 5.10 Å². The summed E-state index contributed by atoms with van der Waals surface area (Å²) in [7, 11) is -4.39. The van der Waals surface area contributed by atoms with Crippen LogP contribution in [0.4, 0.5) is 14.5 Å². The van der Waals surface area contributed by atoms with E-state index in [4.69, 9.17) is 5.11 Å². The van der Waals surface area contributed by atoms with Crippen LogP contribution in [-0.4, -0.2) is 29.7 Å². The molecule has 0 fully saturated rings. The van der Waals surface area contributed by atoms with Crippen molar-refractivity contribution in [2.75, 3.05) is 4.72 Å². The summed E-state index contributed by atoms with van der Waals surface area (Å²) in [5.74, 6) is -3.53. The first kappa shape index (κ1) is 13.9. The molecule has 0 atom stereocenters. The molecule has 20 heavy (non-hydrogen) atoms. The highest BCUT2D eigenvalue weighted by molar-refractivity contribution is 7.92. The van der Waals surface area contributed by atoms with Crippen molar-refractivity contribution in [3.05, 3.63) is 41.6 Å². The Morgan fingerprint density at radius 3 is 2.65 bits per heavy atom. The summed E-state index contributed by atoms with van der Waals surface area (Å²) in [6, 6.07) is 2.22. The zero-order valence-corrected chi connectivity index (χ0v) is 10.4. The highest BCUT2D eigenvalue weighted by atomic mass is 32.2. The Morgan fingerprint density at radius 2 is 2.05 bits per heavy atom.